The molecule has 1 aliphatic carbocycles. The standard InChI is InChI=1S/C31H36N2O2/c1-2-22-21-33-19-15-23(22)20-28(33)29(26-14-18-32-27-13-7-6-12-25(26)27)35-30(34)31(16-8-9-17-31)24-10-4-3-5-11-24/h3-7,10-14,18,22-23,28-29H,2,8-9,15-17,19-21H2,1H3/t22-,23+,28+,29-/m0/s1. The second-order valence-corrected chi connectivity index (χ2v) is 10.9. The summed E-state index contributed by atoms with van der Waals surface area (Å²) in [6, 6.07) is 20.9. The van der Waals surface area contributed by atoms with Gasteiger partial charge >= 0.3 is 5.97 Å². The quantitative estimate of drug-likeness (QED) is 0.390. The Morgan fingerprint density at radius 3 is 2.60 bits per heavy atom. The van der Waals surface area contributed by atoms with Crippen LogP contribution < -0.4 is 0 Å². The number of nitrogens with zero attached hydrogens (tertiary/aromatic N) is 2. The molecule has 2 aromatic carbocycles. The number of benzene rings is 2. The number of para-hydroxylation sites is 1. The molecule has 0 N–H and O–H groups in total. The van der Waals surface area contributed by atoms with E-state index < -0.39 is 5.41 Å². The summed E-state index contributed by atoms with van der Waals surface area (Å²) < 4.78 is 6.74. The van der Waals surface area contributed by atoms with Gasteiger partial charge in [-0.3, -0.25) is 14.7 Å². The Kier molecular flexibility index (Phi) is 6.09. The highest BCUT2D eigenvalue weighted by Gasteiger charge is 2.48. The van der Waals surface area contributed by atoms with E-state index in [1.165, 1.54) is 12.8 Å². The Hall–Kier alpha value is -2.72. The summed E-state index contributed by atoms with van der Waals surface area (Å²) in [5.41, 5.74) is 2.65. The van der Waals surface area contributed by atoms with Gasteiger partial charge in [-0.15, -0.1) is 0 Å². The summed E-state index contributed by atoms with van der Waals surface area (Å²) in [5, 5.41) is 1.10. The second-order valence-electron chi connectivity index (χ2n) is 10.9. The molecule has 3 aliphatic heterocycles. The number of ether oxygens (including phenoxy) is 1. The van der Waals surface area contributed by atoms with Gasteiger partial charge in [0.15, 0.2) is 0 Å². The topological polar surface area (TPSA) is 42.4 Å². The van der Waals surface area contributed by atoms with Crippen LogP contribution in [0.4, 0.5) is 0 Å². The minimum atomic E-state index is -0.530. The molecule has 0 spiro atoms. The maximum absolute atomic E-state index is 14.2. The fraction of sp³-hybridized carbons (Fsp3) is 0.484. The summed E-state index contributed by atoms with van der Waals surface area (Å²) >= 11 is 0. The maximum Gasteiger partial charge on any atom is 0.317 e. The number of pyridine rings is 1. The molecule has 1 unspecified atom stereocenters. The van der Waals surface area contributed by atoms with Gasteiger partial charge in [0.2, 0.25) is 0 Å². The van der Waals surface area contributed by atoms with E-state index in [0.717, 1.165) is 79.1 Å². The van der Waals surface area contributed by atoms with Crippen LogP contribution in [-0.4, -0.2) is 35.0 Å². The molecule has 1 saturated carbocycles. The van der Waals surface area contributed by atoms with Crippen LogP contribution in [0.25, 0.3) is 10.9 Å². The molecule has 0 radical (unpaired) electrons. The zero-order valence-corrected chi connectivity index (χ0v) is 20.7. The van der Waals surface area contributed by atoms with E-state index >= 15 is 0 Å². The molecule has 3 aromatic rings. The van der Waals surface area contributed by atoms with Crippen LogP contribution >= 0.6 is 0 Å². The first-order valence-electron chi connectivity index (χ1n) is 13.5. The summed E-state index contributed by atoms with van der Waals surface area (Å²) in [5.74, 6) is 1.44. The monoisotopic (exact) mass is 468 g/mol. The second kappa shape index (κ2) is 9.39. The molecule has 4 heteroatoms. The lowest BCUT2D eigenvalue weighted by Gasteiger charge is -2.52. The molecule has 4 nitrogen and oxygen atoms in total. The van der Waals surface area contributed by atoms with Crippen LogP contribution in [-0.2, 0) is 14.9 Å². The van der Waals surface area contributed by atoms with Crippen molar-refractivity contribution < 1.29 is 9.53 Å². The predicted octanol–water partition coefficient (Wildman–Crippen LogP) is 6.45. The van der Waals surface area contributed by atoms with E-state index in [0.29, 0.717) is 0 Å². The first-order chi connectivity index (χ1) is 17.2. The highest BCUT2D eigenvalue weighted by molar-refractivity contribution is 5.86. The van der Waals surface area contributed by atoms with Gasteiger partial charge < -0.3 is 4.74 Å². The molecule has 35 heavy (non-hydrogen) atoms. The third kappa shape index (κ3) is 3.96. The Labute approximate surface area is 208 Å². The third-order valence-electron chi connectivity index (χ3n) is 9.21. The van der Waals surface area contributed by atoms with Crippen molar-refractivity contribution in [3.05, 3.63) is 78.0 Å². The number of esters is 1. The zero-order chi connectivity index (χ0) is 23.8. The number of carbonyl (C=O) groups is 1. The SMILES string of the molecule is CC[C@H]1CN2CC[C@@H]1C[C@@H]2[C@@H](OC(=O)C1(c2ccccc2)CCCC1)c1ccnc2ccccc12. The van der Waals surface area contributed by atoms with Gasteiger partial charge in [0.05, 0.1) is 17.0 Å². The Balaban J connectivity index is 1.40. The normalized spacial score (nSPS) is 28.1. The van der Waals surface area contributed by atoms with Crippen molar-refractivity contribution in [2.24, 2.45) is 11.8 Å². The fourth-order valence-electron chi connectivity index (χ4n) is 7.25. The maximum atomic E-state index is 14.2. The largest absolute Gasteiger partial charge is 0.455 e. The van der Waals surface area contributed by atoms with Crippen molar-refractivity contribution in [2.45, 2.75) is 69.4 Å². The molecule has 4 heterocycles. The van der Waals surface area contributed by atoms with E-state index in [1.54, 1.807) is 0 Å². The van der Waals surface area contributed by atoms with Gasteiger partial charge in [-0.25, -0.2) is 0 Å². The molecular weight excluding hydrogens is 432 g/mol. The average Bonchev–Trinajstić information content (AvgIpc) is 3.43. The average molecular weight is 469 g/mol. The zero-order valence-electron chi connectivity index (χ0n) is 20.7. The number of fused-ring (bicyclic) bond motifs is 4. The fourth-order valence-corrected chi connectivity index (χ4v) is 7.25. The number of hydrogen-bond donors (Lipinski definition) is 0. The van der Waals surface area contributed by atoms with Gasteiger partial charge in [-0.05, 0) is 61.8 Å². The molecular formula is C31H36N2O2. The highest BCUT2D eigenvalue weighted by Crippen LogP contribution is 2.47. The number of hydrogen-bond acceptors (Lipinski definition) is 4. The summed E-state index contributed by atoms with van der Waals surface area (Å²) in [6.45, 7) is 4.54. The van der Waals surface area contributed by atoms with Gasteiger partial charge in [0.25, 0.3) is 0 Å². The molecule has 4 fully saturated rings. The number of carbonyl (C=O) groups excluding carboxylic acids is 1. The minimum absolute atomic E-state index is 0.0400. The lowest BCUT2D eigenvalue weighted by Crippen LogP contribution is -2.56. The molecule has 4 aliphatic rings. The first-order valence-corrected chi connectivity index (χ1v) is 13.5. The number of aromatic nitrogens is 1. The Morgan fingerprint density at radius 1 is 1.09 bits per heavy atom. The summed E-state index contributed by atoms with van der Waals surface area (Å²) in [6.07, 6.45) is 9.08. The van der Waals surface area contributed by atoms with Crippen molar-refractivity contribution >= 4 is 16.9 Å². The summed E-state index contributed by atoms with van der Waals surface area (Å²) in [4.78, 5) is 21.4. The summed E-state index contributed by atoms with van der Waals surface area (Å²) in [7, 11) is 0. The molecule has 182 valence electrons. The molecule has 7 rings (SSSR count). The minimum Gasteiger partial charge on any atom is -0.455 e. The predicted molar refractivity (Wildman–Crippen MR) is 139 cm³/mol. The van der Waals surface area contributed by atoms with Crippen LogP contribution in [0.1, 0.15) is 69.1 Å². The van der Waals surface area contributed by atoms with Crippen LogP contribution in [0.3, 0.4) is 0 Å². The molecule has 1 aromatic heterocycles. The van der Waals surface area contributed by atoms with Gasteiger partial charge in [-0.1, -0.05) is 74.7 Å². The Bertz CT molecular complexity index is 1180. The van der Waals surface area contributed by atoms with Crippen molar-refractivity contribution in [3.63, 3.8) is 0 Å². The van der Waals surface area contributed by atoms with E-state index in [-0.39, 0.29) is 18.1 Å². The highest BCUT2D eigenvalue weighted by atomic mass is 16.5. The van der Waals surface area contributed by atoms with Crippen molar-refractivity contribution in [2.75, 3.05) is 13.1 Å². The Morgan fingerprint density at radius 2 is 1.86 bits per heavy atom. The number of rotatable bonds is 6. The van der Waals surface area contributed by atoms with Crippen molar-refractivity contribution in [3.8, 4) is 0 Å². The molecule has 3 saturated heterocycles. The van der Waals surface area contributed by atoms with Crippen LogP contribution in [0.5, 0.6) is 0 Å². The smallest absolute Gasteiger partial charge is 0.317 e. The van der Waals surface area contributed by atoms with Crippen LogP contribution in [0, 0.1) is 11.8 Å². The first kappa shape index (κ1) is 22.7. The molecule has 2 bridgehead atoms. The van der Waals surface area contributed by atoms with E-state index in [2.05, 4.69) is 53.2 Å². The van der Waals surface area contributed by atoms with Crippen molar-refractivity contribution in [1.29, 1.82) is 0 Å². The number of piperidine rings is 3. The van der Waals surface area contributed by atoms with Crippen LogP contribution in [0.2, 0.25) is 0 Å². The van der Waals surface area contributed by atoms with Gasteiger partial charge in [0.1, 0.15) is 6.10 Å². The lowest BCUT2D eigenvalue weighted by atomic mass is 9.72. The van der Waals surface area contributed by atoms with Crippen molar-refractivity contribution in [1.82, 2.24) is 9.88 Å². The van der Waals surface area contributed by atoms with E-state index in [4.69, 9.17) is 4.74 Å². The van der Waals surface area contributed by atoms with Gasteiger partial charge in [-0.2, -0.15) is 0 Å². The molecule has 5 atom stereocenters. The van der Waals surface area contributed by atoms with E-state index in [1.807, 2.05) is 30.5 Å². The molecule has 0 amide bonds. The third-order valence-corrected chi connectivity index (χ3v) is 9.21. The van der Waals surface area contributed by atoms with Gasteiger partial charge in [0, 0.05) is 23.7 Å². The van der Waals surface area contributed by atoms with Crippen LogP contribution in [0.15, 0.2) is 66.9 Å². The van der Waals surface area contributed by atoms with E-state index in [9.17, 15) is 4.79 Å². The lowest BCUT2D eigenvalue weighted by molar-refractivity contribution is -0.165.